The first-order valence-electron chi connectivity index (χ1n) is 6.31. The van der Waals surface area contributed by atoms with E-state index >= 15 is 0 Å². The second-order valence-electron chi connectivity index (χ2n) is 4.56. The average Bonchev–Trinajstić information content (AvgIpc) is 2.86. The average molecular weight is 330 g/mol. The van der Waals surface area contributed by atoms with Crippen molar-refractivity contribution in [3.8, 4) is 0 Å². The van der Waals surface area contributed by atoms with Crippen LogP contribution in [-0.2, 0) is 10.0 Å². The van der Waals surface area contributed by atoms with Crippen LogP contribution in [0, 0.1) is 0 Å². The summed E-state index contributed by atoms with van der Waals surface area (Å²) in [7, 11) is -3.57. The molecule has 0 aliphatic heterocycles. The number of thiophene rings is 1. The second kappa shape index (κ2) is 6.16. The van der Waals surface area contributed by atoms with Gasteiger partial charge in [0.2, 0.25) is 0 Å². The molecule has 2 rings (SSSR count). The molecule has 20 heavy (non-hydrogen) atoms. The van der Waals surface area contributed by atoms with Crippen LogP contribution in [0.4, 0.5) is 5.69 Å². The van der Waals surface area contributed by atoms with Crippen molar-refractivity contribution in [2.24, 2.45) is 0 Å². The molecule has 108 valence electrons. The molecule has 1 unspecified atom stereocenters. The molecule has 0 fully saturated rings. The first-order valence-corrected chi connectivity index (χ1v) is 8.99. The van der Waals surface area contributed by atoms with Gasteiger partial charge in [0.1, 0.15) is 4.21 Å². The molecule has 0 aliphatic rings. The van der Waals surface area contributed by atoms with Crippen LogP contribution >= 0.6 is 22.9 Å². The Labute approximate surface area is 128 Å². The van der Waals surface area contributed by atoms with E-state index < -0.39 is 10.0 Å². The van der Waals surface area contributed by atoms with Gasteiger partial charge in [-0.05, 0) is 36.1 Å². The van der Waals surface area contributed by atoms with Gasteiger partial charge in [0.25, 0.3) is 10.0 Å². The van der Waals surface area contributed by atoms with Crippen molar-refractivity contribution in [2.45, 2.75) is 30.4 Å². The van der Waals surface area contributed by atoms with Crippen LogP contribution in [0.25, 0.3) is 0 Å². The number of rotatable bonds is 5. The van der Waals surface area contributed by atoms with Crippen molar-refractivity contribution >= 4 is 38.6 Å². The van der Waals surface area contributed by atoms with Gasteiger partial charge in [0.15, 0.2) is 0 Å². The highest BCUT2D eigenvalue weighted by atomic mass is 35.5. The Morgan fingerprint density at radius 2 is 1.95 bits per heavy atom. The van der Waals surface area contributed by atoms with Crippen LogP contribution in [0.2, 0.25) is 4.34 Å². The highest BCUT2D eigenvalue weighted by Gasteiger charge is 2.19. The summed E-state index contributed by atoms with van der Waals surface area (Å²) in [5.41, 5.74) is 1.63. The van der Waals surface area contributed by atoms with E-state index in [1.165, 1.54) is 6.07 Å². The minimum atomic E-state index is -3.57. The molecule has 1 aromatic heterocycles. The van der Waals surface area contributed by atoms with E-state index in [-0.39, 0.29) is 4.21 Å². The molecule has 0 bridgehead atoms. The van der Waals surface area contributed by atoms with E-state index in [2.05, 4.69) is 18.6 Å². The third kappa shape index (κ3) is 3.34. The monoisotopic (exact) mass is 329 g/mol. The summed E-state index contributed by atoms with van der Waals surface area (Å²) in [5, 5.41) is 0. The van der Waals surface area contributed by atoms with Gasteiger partial charge in [-0.1, -0.05) is 43.6 Å². The molecule has 0 saturated carbocycles. The van der Waals surface area contributed by atoms with Crippen molar-refractivity contribution in [2.75, 3.05) is 4.72 Å². The molecule has 0 amide bonds. The van der Waals surface area contributed by atoms with Crippen LogP contribution in [0.5, 0.6) is 0 Å². The summed E-state index contributed by atoms with van der Waals surface area (Å²) < 4.78 is 28.0. The lowest BCUT2D eigenvalue weighted by Crippen LogP contribution is -2.13. The lowest BCUT2D eigenvalue weighted by molar-refractivity contribution is 0.603. The zero-order valence-corrected chi connectivity index (χ0v) is 13.6. The Bertz CT molecular complexity index is 695. The van der Waals surface area contributed by atoms with Gasteiger partial charge in [0, 0.05) is 0 Å². The Kier molecular flexibility index (Phi) is 4.73. The zero-order valence-electron chi connectivity index (χ0n) is 11.3. The minimum absolute atomic E-state index is 0.224. The molecule has 3 nitrogen and oxygen atoms in total. The van der Waals surface area contributed by atoms with Gasteiger partial charge in [-0.25, -0.2) is 8.42 Å². The Balaban J connectivity index is 2.35. The fraction of sp³-hybridized carbons (Fsp3) is 0.286. The maximum Gasteiger partial charge on any atom is 0.271 e. The SMILES string of the molecule is CCC(C)c1ccccc1NS(=O)(=O)c1ccc(Cl)s1. The molecular formula is C14H16ClNO2S2. The highest BCUT2D eigenvalue weighted by Crippen LogP contribution is 2.31. The highest BCUT2D eigenvalue weighted by molar-refractivity contribution is 7.94. The minimum Gasteiger partial charge on any atom is -0.279 e. The number of sulfonamides is 1. The van der Waals surface area contributed by atoms with Gasteiger partial charge >= 0.3 is 0 Å². The van der Waals surface area contributed by atoms with Crippen LogP contribution in [0.15, 0.2) is 40.6 Å². The number of hydrogen-bond acceptors (Lipinski definition) is 3. The number of hydrogen-bond donors (Lipinski definition) is 1. The van der Waals surface area contributed by atoms with E-state index in [0.717, 1.165) is 23.3 Å². The van der Waals surface area contributed by atoms with Crippen LogP contribution in [0.1, 0.15) is 31.7 Å². The summed E-state index contributed by atoms with van der Waals surface area (Å²) in [6.07, 6.45) is 0.948. The van der Waals surface area contributed by atoms with Crippen LogP contribution in [-0.4, -0.2) is 8.42 Å². The largest absolute Gasteiger partial charge is 0.279 e. The van der Waals surface area contributed by atoms with Crippen molar-refractivity contribution in [3.63, 3.8) is 0 Å². The molecule has 1 aromatic carbocycles. The first-order chi connectivity index (χ1) is 9.44. The summed E-state index contributed by atoms with van der Waals surface area (Å²) in [5.74, 6) is 0.292. The van der Waals surface area contributed by atoms with Gasteiger partial charge < -0.3 is 0 Å². The topological polar surface area (TPSA) is 46.2 Å². The zero-order chi connectivity index (χ0) is 14.8. The molecule has 1 atom stereocenters. The maximum absolute atomic E-state index is 12.3. The second-order valence-corrected chi connectivity index (χ2v) is 8.18. The maximum atomic E-state index is 12.3. The molecular weight excluding hydrogens is 314 g/mol. The number of halogens is 1. The summed E-state index contributed by atoms with van der Waals surface area (Å²) in [6.45, 7) is 4.16. The predicted octanol–water partition coefficient (Wildman–Crippen LogP) is 4.72. The fourth-order valence-corrected chi connectivity index (χ4v) is 4.45. The number of para-hydroxylation sites is 1. The Hall–Kier alpha value is -1.04. The lowest BCUT2D eigenvalue weighted by Gasteiger charge is -2.15. The van der Waals surface area contributed by atoms with Gasteiger partial charge in [-0.3, -0.25) is 4.72 Å². The van der Waals surface area contributed by atoms with Crippen molar-refractivity contribution in [1.29, 1.82) is 0 Å². The molecule has 0 spiro atoms. The third-order valence-corrected chi connectivity index (χ3v) is 6.25. The Morgan fingerprint density at radius 1 is 1.25 bits per heavy atom. The molecule has 0 aliphatic carbocycles. The van der Waals surface area contributed by atoms with E-state index in [1.807, 2.05) is 18.2 Å². The van der Waals surface area contributed by atoms with E-state index in [1.54, 1.807) is 12.1 Å². The van der Waals surface area contributed by atoms with Crippen LogP contribution in [0.3, 0.4) is 0 Å². The standard InChI is InChI=1S/C14H16ClNO2S2/c1-3-10(2)11-6-4-5-7-12(11)16-20(17,18)14-9-8-13(15)19-14/h4-10,16H,3H2,1-2H3. The van der Waals surface area contributed by atoms with Crippen LogP contribution < -0.4 is 4.72 Å². The van der Waals surface area contributed by atoms with E-state index in [4.69, 9.17) is 11.6 Å². The molecule has 1 N–H and O–H groups in total. The number of nitrogens with one attached hydrogen (secondary N) is 1. The van der Waals surface area contributed by atoms with Crippen molar-refractivity contribution in [1.82, 2.24) is 0 Å². The van der Waals surface area contributed by atoms with Gasteiger partial charge in [-0.15, -0.1) is 11.3 Å². The predicted molar refractivity (Wildman–Crippen MR) is 85.3 cm³/mol. The third-order valence-electron chi connectivity index (χ3n) is 3.16. The molecule has 0 radical (unpaired) electrons. The Morgan fingerprint density at radius 3 is 2.55 bits per heavy atom. The van der Waals surface area contributed by atoms with E-state index in [0.29, 0.717) is 15.9 Å². The molecule has 1 heterocycles. The summed E-state index contributed by atoms with van der Waals surface area (Å²) in [4.78, 5) is 0. The van der Waals surface area contributed by atoms with E-state index in [9.17, 15) is 8.42 Å². The fourth-order valence-electron chi connectivity index (χ4n) is 1.88. The van der Waals surface area contributed by atoms with Gasteiger partial charge in [-0.2, -0.15) is 0 Å². The smallest absolute Gasteiger partial charge is 0.271 e. The number of benzene rings is 1. The van der Waals surface area contributed by atoms with Gasteiger partial charge in [0.05, 0.1) is 10.0 Å². The van der Waals surface area contributed by atoms with Crippen molar-refractivity contribution < 1.29 is 8.42 Å². The number of anilines is 1. The normalized spacial score (nSPS) is 13.2. The lowest BCUT2D eigenvalue weighted by atomic mass is 9.97. The molecule has 2 aromatic rings. The first kappa shape index (κ1) is 15.4. The molecule has 0 saturated heterocycles. The quantitative estimate of drug-likeness (QED) is 0.863. The summed E-state index contributed by atoms with van der Waals surface area (Å²) >= 11 is 6.85. The summed E-state index contributed by atoms with van der Waals surface area (Å²) in [6, 6.07) is 10.6. The van der Waals surface area contributed by atoms with Crippen molar-refractivity contribution in [3.05, 3.63) is 46.3 Å². The molecule has 6 heteroatoms.